The van der Waals surface area contributed by atoms with Crippen LogP contribution in [-0.4, -0.2) is 42.4 Å². The standard InChI is InChI=1S/C36H63N3O.ClH/c1-3-5-7-9-11-13-15-17-22-27-35-37-30-32-39(35,33-34-25-20-19-21-26-34)31-24-29-38-36(40)28-23-18-16-14-12-10-8-6-4-2;/h19-21,25-26H,3-18,22-24,27-33H2,1-2H3;1H/p+1. The van der Waals surface area contributed by atoms with Crippen molar-refractivity contribution in [3.63, 3.8) is 0 Å². The first kappa shape index (κ1) is 37.6. The van der Waals surface area contributed by atoms with Crippen molar-refractivity contribution >= 4 is 11.7 Å². The van der Waals surface area contributed by atoms with Gasteiger partial charge in [-0.1, -0.05) is 147 Å². The molecular formula is C36H65ClN3O+. The van der Waals surface area contributed by atoms with Crippen molar-refractivity contribution in [2.24, 2.45) is 0 Å². The number of nitrogens with one attached hydrogen (secondary N) is 2. The van der Waals surface area contributed by atoms with E-state index in [2.05, 4.69) is 54.5 Å². The van der Waals surface area contributed by atoms with E-state index in [4.69, 9.17) is 0 Å². The molecule has 2 rings (SSSR count). The fraction of sp³-hybridized carbons (Fsp3) is 0.778. The van der Waals surface area contributed by atoms with Gasteiger partial charge in [0.1, 0.15) is 13.1 Å². The van der Waals surface area contributed by atoms with Crippen LogP contribution in [0.4, 0.5) is 0 Å². The van der Waals surface area contributed by atoms with E-state index in [-0.39, 0.29) is 18.3 Å². The van der Waals surface area contributed by atoms with E-state index in [1.807, 2.05) is 0 Å². The highest BCUT2D eigenvalue weighted by Gasteiger charge is 2.42. The number of quaternary nitrogens is 1. The molecule has 2 N–H and O–H groups in total. The molecule has 0 aromatic heterocycles. The molecule has 1 unspecified atom stereocenters. The van der Waals surface area contributed by atoms with Gasteiger partial charge in [-0.05, 0) is 12.8 Å². The first-order chi connectivity index (χ1) is 19.7. The lowest BCUT2D eigenvalue weighted by molar-refractivity contribution is -0.853. The van der Waals surface area contributed by atoms with Crippen molar-refractivity contribution in [2.75, 3.05) is 26.2 Å². The number of hydrogen-bond acceptors (Lipinski definition) is 1. The molecule has 1 aliphatic heterocycles. The SMILES string of the molecule is CCCCCCCCCCCC(=O)NCCC[N+]1(Cc2ccccc2)CC[NH+]=C1CCCCCCCCCCC.[Cl-]. The van der Waals surface area contributed by atoms with Gasteiger partial charge in [0.05, 0.1) is 13.0 Å². The molecule has 236 valence electrons. The van der Waals surface area contributed by atoms with E-state index >= 15 is 0 Å². The zero-order valence-corrected chi connectivity index (χ0v) is 27.8. The van der Waals surface area contributed by atoms with Gasteiger partial charge < -0.3 is 17.7 Å². The van der Waals surface area contributed by atoms with E-state index < -0.39 is 0 Å². The van der Waals surface area contributed by atoms with Crippen LogP contribution in [0.15, 0.2) is 30.3 Å². The predicted octanol–water partition coefficient (Wildman–Crippen LogP) is 4.85. The molecule has 0 aliphatic carbocycles. The lowest BCUT2D eigenvalue weighted by Crippen LogP contribution is -3.00. The number of carbonyl (C=O) groups is 1. The Balaban J connectivity index is 0.00000840. The van der Waals surface area contributed by atoms with Gasteiger partial charge in [0, 0.05) is 24.9 Å². The number of rotatable bonds is 26. The van der Waals surface area contributed by atoms with Crippen LogP contribution < -0.4 is 22.7 Å². The summed E-state index contributed by atoms with van der Waals surface area (Å²) < 4.78 is 1.05. The second-order valence-electron chi connectivity index (χ2n) is 12.5. The average Bonchev–Trinajstić information content (AvgIpc) is 3.36. The van der Waals surface area contributed by atoms with Crippen LogP contribution in [0.25, 0.3) is 0 Å². The Morgan fingerprint density at radius 2 is 1.27 bits per heavy atom. The van der Waals surface area contributed by atoms with Gasteiger partial charge in [0.2, 0.25) is 5.91 Å². The summed E-state index contributed by atoms with van der Waals surface area (Å²) >= 11 is 0. The fourth-order valence-electron chi connectivity index (χ4n) is 6.37. The minimum atomic E-state index is 0. The Kier molecular flexibility index (Phi) is 23.1. The zero-order valence-electron chi connectivity index (χ0n) is 27.0. The molecule has 0 saturated carbocycles. The number of amidine groups is 1. The number of benzene rings is 1. The van der Waals surface area contributed by atoms with Crippen LogP contribution in [-0.2, 0) is 11.3 Å². The molecule has 0 saturated heterocycles. The fourth-order valence-corrected chi connectivity index (χ4v) is 6.37. The number of carbonyl (C=O) groups excluding carboxylic acids is 1. The minimum absolute atomic E-state index is 0. The average molecular weight is 591 g/mol. The van der Waals surface area contributed by atoms with Gasteiger partial charge in [-0.3, -0.25) is 4.79 Å². The maximum Gasteiger partial charge on any atom is 0.337 e. The molecule has 1 aliphatic rings. The smallest absolute Gasteiger partial charge is 0.337 e. The van der Waals surface area contributed by atoms with Crippen molar-refractivity contribution in [3.8, 4) is 0 Å². The molecule has 5 heteroatoms. The van der Waals surface area contributed by atoms with Gasteiger partial charge in [0.15, 0.2) is 6.54 Å². The van der Waals surface area contributed by atoms with Crippen molar-refractivity contribution in [3.05, 3.63) is 35.9 Å². The third-order valence-electron chi connectivity index (χ3n) is 8.88. The second kappa shape index (κ2) is 25.1. The molecule has 4 nitrogen and oxygen atoms in total. The Morgan fingerprint density at radius 3 is 1.85 bits per heavy atom. The van der Waals surface area contributed by atoms with Gasteiger partial charge in [0.25, 0.3) is 0 Å². The third kappa shape index (κ3) is 17.4. The Labute approximate surface area is 260 Å². The van der Waals surface area contributed by atoms with Crippen LogP contribution in [0.3, 0.4) is 0 Å². The minimum Gasteiger partial charge on any atom is -1.00 e. The van der Waals surface area contributed by atoms with E-state index in [9.17, 15) is 4.79 Å². The molecule has 0 radical (unpaired) electrons. The molecule has 1 aromatic rings. The van der Waals surface area contributed by atoms with Crippen molar-refractivity contribution < 1.29 is 26.7 Å². The molecule has 1 atom stereocenters. The number of amides is 1. The van der Waals surface area contributed by atoms with Crippen LogP contribution in [0, 0.1) is 0 Å². The van der Waals surface area contributed by atoms with Gasteiger partial charge >= 0.3 is 5.84 Å². The summed E-state index contributed by atoms with van der Waals surface area (Å²) in [5.74, 6) is 1.78. The number of unbranched alkanes of at least 4 members (excludes halogenated alkanes) is 16. The van der Waals surface area contributed by atoms with E-state index in [1.54, 1.807) is 0 Å². The van der Waals surface area contributed by atoms with Crippen LogP contribution in [0.2, 0.25) is 0 Å². The normalized spacial score (nSPS) is 16.4. The molecule has 0 spiro atoms. The highest BCUT2D eigenvalue weighted by molar-refractivity contribution is 5.75. The summed E-state index contributed by atoms with van der Waals surface area (Å²) in [6.45, 7) is 9.77. The van der Waals surface area contributed by atoms with E-state index in [1.165, 1.54) is 127 Å². The first-order valence-electron chi connectivity index (χ1n) is 17.5. The van der Waals surface area contributed by atoms with E-state index in [0.29, 0.717) is 6.42 Å². The number of nitrogens with zero attached hydrogens (tertiary/aromatic N) is 1. The quantitative estimate of drug-likeness (QED) is 0.118. The molecule has 41 heavy (non-hydrogen) atoms. The topological polar surface area (TPSA) is 43.1 Å². The summed E-state index contributed by atoms with van der Waals surface area (Å²) in [4.78, 5) is 16.3. The van der Waals surface area contributed by atoms with Crippen molar-refractivity contribution in [1.82, 2.24) is 5.32 Å². The van der Waals surface area contributed by atoms with Crippen LogP contribution in [0.1, 0.15) is 154 Å². The summed E-state index contributed by atoms with van der Waals surface area (Å²) in [7, 11) is 0. The van der Waals surface area contributed by atoms with Gasteiger partial charge in [-0.2, -0.15) is 4.99 Å². The predicted molar refractivity (Wildman–Crippen MR) is 172 cm³/mol. The van der Waals surface area contributed by atoms with Crippen molar-refractivity contribution in [2.45, 2.75) is 155 Å². The largest absolute Gasteiger partial charge is 1.00 e. The first-order valence-corrected chi connectivity index (χ1v) is 17.5. The molecular weight excluding hydrogens is 526 g/mol. The number of hydrogen-bond donors (Lipinski definition) is 2. The Hall–Kier alpha value is -1.39. The van der Waals surface area contributed by atoms with Crippen LogP contribution in [0.5, 0.6) is 0 Å². The Bertz CT molecular complexity index is 784. The third-order valence-corrected chi connectivity index (χ3v) is 8.88. The summed E-state index contributed by atoms with van der Waals surface area (Å²) in [6.07, 6.45) is 27.0. The lowest BCUT2D eigenvalue weighted by Gasteiger charge is -2.31. The Morgan fingerprint density at radius 1 is 0.732 bits per heavy atom. The monoisotopic (exact) mass is 590 g/mol. The second-order valence-corrected chi connectivity index (χ2v) is 12.5. The summed E-state index contributed by atoms with van der Waals surface area (Å²) in [5, 5.41) is 3.23. The molecule has 0 bridgehead atoms. The van der Waals surface area contributed by atoms with Gasteiger partial charge in [-0.15, -0.1) is 0 Å². The maximum absolute atomic E-state index is 12.4. The summed E-state index contributed by atoms with van der Waals surface area (Å²) in [6, 6.07) is 11.0. The number of halogens is 1. The lowest BCUT2D eigenvalue weighted by atomic mass is 10.1. The molecule has 0 fully saturated rings. The molecule has 1 aromatic carbocycles. The van der Waals surface area contributed by atoms with Gasteiger partial charge in [-0.25, -0.2) is 4.48 Å². The highest BCUT2D eigenvalue weighted by atomic mass is 35.5. The van der Waals surface area contributed by atoms with Crippen molar-refractivity contribution in [1.29, 1.82) is 0 Å². The maximum atomic E-state index is 12.4. The summed E-state index contributed by atoms with van der Waals surface area (Å²) in [5.41, 5.74) is 1.42. The zero-order chi connectivity index (χ0) is 28.6. The molecule has 1 heterocycles. The highest BCUT2D eigenvalue weighted by Crippen LogP contribution is 2.21. The van der Waals surface area contributed by atoms with Crippen LogP contribution >= 0.6 is 0 Å². The van der Waals surface area contributed by atoms with E-state index in [0.717, 1.165) is 50.0 Å². The molecule has 1 amide bonds.